The van der Waals surface area contributed by atoms with Gasteiger partial charge in [0, 0.05) is 33.1 Å². The van der Waals surface area contributed by atoms with E-state index in [0.717, 1.165) is 10.6 Å². The van der Waals surface area contributed by atoms with Gasteiger partial charge in [0.2, 0.25) is 21.8 Å². The zero-order chi connectivity index (χ0) is 17.0. The molecule has 0 radical (unpaired) electrons. The second-order valence-electron chi connectivity index (χ2n) is 5.50. The number of piperazine rings is 1. The van der Waals surface area contributed by atoms with E-state index in [4.69, 9.17) is 4.42 Å². The first-order valence-electron chi connectivity index (χ1n) is 7.28. The van der Waals surface area contributed by atoms with Gasteiger partial charge in [0.05, 0.1) is 25.6 Å². The van der Waals surface area contributed by atoms with Gasteiger partial charge < -0.3 is 14.2 Å². The molecule has 0 aromatic carbocycles. The van der Waals surface area contributed by atoms with Crippen LogP contribution in [0.3, 0.4) is 0 Å². The number of sulfonamides is 1. The Hall–Kier alpha value is -1.87. The summed E-state index contributed by atoms with van der Waals surface area (Å²) in [4.78, 5) is 26.9. The van der Waals surface area contributed by atoms with Crippen molar-refractivity contribution in [2.45, 2.75) is 13.5 Å². The van der Waals surface area contributed by atoms with E-state index in [1.807, 2.05) is 0 Å². The number of rotatable bonds is 5. The minimum Gasteiger partial charge on any atom is -0.468 e. The molecule has 9 heteroatoms. The molecule has 1 saturated heterocycles. The van der Waals surface area contributed by atoms with E-state index in [1.54, 1.807) is 21.9 Å². The Balaban J connectivity index is 1.97. The van der Waals surface area contributed by atoms with Crippen LogP contribution in [0.25, 0.3) is 0 Å². The summed E-state index contributed by atoms with van der Waals surface area (Å²) in [5.41, 5.74) is 0. The lowest BCUT2D eigenvalue weighted by Crippen LogP contribution is -2.52. The van der Waals surface area contributed by atoms with Crippen molar-refractivity contribution >= 4 is 21.8 Å². The first-order valence-corrected chi connectivity index (χ1v) is 9.13. The smallest absolute Gasteiger partial charge is 0.238 e. The van der Waals surface area contributed by atoms with Crippen LogP contribution in [0.15, 0.2) is 22.8 Å². The van der Waals surface area contributed by atoms with Crippen molar-refractivity contribution < 1.29 is 22.4 Å². The zero-order valence-corrected chi connectivity index (χ0v) is 14.1. The zero-order valence-electron chi connectivity index (χ0n) is 13.3. The topological polar surface area (TPSA) is 91.1 Å². The molecule has 0 N–H and O–H groups in total. The molecule has 0 bridgehead atoms. The van der Waals surface area contributed by atoms with Crippen LogP contribution < -0.4 is 0 Å². The Labute approximate surface area is 135 Å². The van der Waals surface area contributed by atoms with Crippen LogP contribution in [-0.2, 0) is 26.2 Å². The number of hydrogen-bond donors (Lipinski definition) is 0. The van der Waals surface area contributed by atoms with Gasteiger partial charge >= 0.3 is 0 Å². The molecule has 1 aliphatic rings. The number of carbonyl (C=O) groups excluding carboxylic acids is 2. The molecule has 0 atom stereocenters. The van der Waals surface area contributed by atoms with E-state index in [9.17, 15) is 18.0 Å². The minimum atomic E-state index is -3.54. The van der Waals surface area contributed by atoms with Crippen LogP contribution in [-0.4, -0.2) is 73.3 Å². The number of amides is 2. The van der Waals surface area contributed by atoms with Crippen molar-refractivity contribution in [1.29, 1.82) is 0 Å². The molecular weight excluding hydrogens is 322 g/mol. The minimum absolute atomic E-state index is 0.0188. The first-order chi connectivity index (χ1) is 10.8. The van der Waals surface area contributed by atoms with Crippen molar-refractivity contribution in [1.82, 2.24) is 14.1 Å². The lowest BCUT2D eigenvalue weighted by Gasteiger charge is -2.35. The molecule has 2 heterocycles. The predicted molar refractivity (Wildman–Crippen MR) is 82.8 cm³/mol. The van der Waals surface area contributed by atoms with Gasteiger partial charge in [-0.2, -0.15) is 4.31 Å². The largest absolute Gasteiger partial charge is 0.468 e. The Morgan fingerprint density at radius 1 is 1.22 bits per heavy atom. The molecule has 2 amide bonds. The number of furan rings is 1. The molecule has 1 aliphatic heterocycles. The third kappa shape index (κ3) is 4.80. The highest BCUT2D eigenvalue weighted by Crippen LogP contribution is 2.11. The van der Waals surface area contributed by atoms with E-state index >= 15 is 0 Å². The van der Waals surface area contributed by atoms with Crippen LogP contribution in [0.4, 0.5) is 0 Å². The van der Waals surface area contributed by atoms with Crippen molar-refractivity contribution in [3.05, 3.63) is 24.2 Å². The van der Waals surface area contributed by atoms with Crippen LogP contribution in [0.1, 0.15) is 12.7 Å². The van der Waals surface area contributed by atoms with Gasteiger partial charge in [0.25, 0.3) is 0 Å². The second kappa shape index (κ2) is 7.14. The average Bonchev–Trinajstić information content (AvgIpc) is 2.98. The van der Waals surface area contributed by atoms with E-state index in [-0.39, 0.29) is 24.9 Å². The average molecular weight is 343 g/mol. The molecule has 1 aromatic rings. The van der Waals surface area contributed by atoms with Gasteiger partial charge in [-0.15, -0.1) is 0 Å². The molecule has 0 saturated carbocycles. The Kier molecular flexibility index (Phi) is 5.42. The SMILES string of the molecule is CC(=O)N1CCN(C(=O)CN(Cc2ccco2)S(C)(=O)=O)CC1. The fourth-order valence-corrected chi connectivity index (χ4v) is 3.10. The Morgan fingerprint density at radius 3 is 2.30 bits per heavy atom. The fraction of sp³-hybridized carbons (Fsp3) is 0.571. The number of hydrogen-bond acceptors (Lipinski definition) is 5. The quantitative estimate of drug-likeness (QED) is 0.734. The molecular formula is C14H21N3O5S. The molecule has 23 heavy (non-hydrogen) atoms. The third-order valence-corrected chi connectivity index (χ3v) is 4.97. The summed E-state index contributed by atoms with van der Waals surface area (Å²) < 4.78 is 30.0. The number of carbonyl (C=O) groups is 2. The van der Waals surface area contributed by atoms with Gasteiger partial charge in [-0.1, -0.05) is 0 Å². The van der Waals surface area contributed by atoms with Crippen LogP contribution in [0.5, 0.6) is 0 Å². The van der Waals surface area contributed by atoms with E-state index < -0.39 is 10.0 Å². The molecule has 128 valence electrons. The summed E-state index contributed by atoms with van der Waals surface area (Å²) in [6, 6.07) is 3.33. The first kappa shape index (κ1) is 17.5. The van der Waals surface area contributed by atoms with E-state index in [2.05, 4.69) is 0 Å². The summed E-state index contributed by atoms with van der Waals surface area (Å²) in [6.07, 6.45) is 2.52. The summed E-state index contributed by atoms with van der Waals surface area (Å²) in [5, 5.41) is 0. The highest BCUT2D eigenvalue weighted by Gasteiger charge is 2.27. The molecule has 8 nitrogen and oxygen atoms in total. The monoisotopic (exact) mass is 343 g/mol. The van der Waals surface area contributed by atoms with Gasteiger partial charge in [-0.25, -0.2) is 8.42 Å². The van der Waals surface area contributed by atoms with Crippen molar-refractivity contribution in [3.63, 3.8) is 0 Å². The fourth-order valence-electron chi connectivity index (χ4n) is 2.39. The Bertz CT molecular complexity index is 648. The Morgan fingerprint density at radius 2 is 1.83 bits per heavy atom. The highest BCUT2D eigenvalue weighted by molar-refractivity contribution is 7.88. The lowest BCUT2D eigenvalue weighted by atomic mass is 10.3. The molecule has 1 aromatic heterocycles. The molecule has 2 rings (SSSR count). The van der Waals surface area contributed by atoms with E-state index in [1.165, 1.54) is 13.2 Å². The summed E-state index contributed by atoms with van der Waals surface area (Å²) in [6.45, 7) is 3.04. The summed E-state index contributed by atoms with van der Waals surface area (Å²) in [5.74, 6) is 0.183. The maximum atomic E-state index is 12.3. The van der Waals surface area contributed by atoms with Crippen LogP contribution >= 0.6 is 0 Å². The van der Waals surface area contributed by atoms with Crippen LogP contribution in [0.2, 0.25) is 0 Å². The van der Waals surface area contributed by atoms with Crippen LogP contribution in [0, 0.1) is 0 Å². The van der Waals surface area contributed by atoms with Gasteiger partial charge in [0.15, 0.2) is 0 Å². The molecule has 0 aliphatic carbocycles. The maximum Gasteiger partial charge on any atom is 0.238 e. The second-order valence-corrected chi connectivity index (χ2v) is 7.48. The van der Waals surface area contributed by atoms with Gasteiger partial charge in [-0.3, -0.25) is 9.59 Å². The standard InChI is InChI=1S/C14H21N3O5S/c1-12(18)15-5-7-16(8-6-15)14(19)11-17(23(2,20)21)10-13-4-3-9-22-13/h3-4,9H,5-8,10-11H2,1-2H3. The van der Waals surface area contributed by atoms with Crippen molar-refractivity contribution in [2.24, 2.45) is 0 Å². The van der Waals surface area contributed by atoms with E-state index in [0.29, 0.717) is 31.9 Å². The van der Waals surface area contributed by atoms with Crippen molar-refractivity contribution in [2.75, 3.05) is 39.0 Å². The maximum absolute atomic E-state index is 12.3. The molecule has 0 spiro atoms. The number of nitrogens with zero attached hydrogens (tertiary/aromatic N) is 3. The van der Waals surface area contributed by atoms with Gasteiger partial charge in [0.1, 0.15) is 5.76 Å². The van der Waals surface area contributed by atoms with Gasteiger partial charge in [-0.05, 0) is 12.1 Å². The normalized spacial score (nSPS) is 16.0. The summed E-state index contributed by atoms with van der Waals surface area (Å²) in [7, 11) is -3.54. The lowest BCUT2D eigenvalue weighted by molar-refractivity contribution is -0.138. The predicted octanol–water partition coefficient (Wildman–Crippen LogP) is -0.268. The molecule has 1 fully saturated rings. The highest BCUT2D eigenvalue weighted by atomic mass is 32.2. The molecule has 0 unspecified atom stereocenters. The summed E-state index contributed by atoms with van der Waals surface area (Å²) >= 11 is 0. The third-order valence-electron chi connectivity index (χ3n) is 3.77. The van der Waals surface area contributed by atoms with Crippen molar-refractivity contribution in [3.8, 4) is 0 Å².